The average molecular weight is 510 g/mol. The first-order chi connectivity index (χ1) is 18.4. The molecule has 1 aliphatic heterocycles. The highest BCUT2D eigenvalue weighted by molar-refractivity contribution is 6.46. The monoisotopic (exact) mass is 509 g/mol. The second-order valence-corrected chi connectivity index (χ2v) is 9.08. The van der Waals surface area contributed by atoms with Gasteiger partial charge in [-0.25, -0.2) is 0 Å². The summed E-state index contributed by atoms with van der Waals surface area (Å²) in [6, 6.07) is 24.6. The maximum atomic E-state index is 13.2. The Labute approximate surface area is 220 Å². The number of ketones is 1. The van der Waals surface area contributed by atoms with Gasteiger partial charge in [-0.15, -0.1) is 0 Å². The SMILES string of the molecule is COc1ccc([C@@H]2/C(=C(\O)c3ccc(OCc4cccc(C)c4)cc3)C(=O)C(=O)N2Cc2ccco2)cc1. The second-order valence-electron chi connectivity index (χ2n) is 9.08. The number of ether oxygens (including phenoxy) is 2. The van der Waals surface area contributed by atoms with Gasteiger partial charge >= 0.3 is 0 Å². The molecule has 38 heavy (non-hydrogen) atoms. The van der Waals surface area contributed by atoms with Crippen LogP contribution in [-0.2, 0) is 22.7 Å². The normalized spacial score (nSPS) is 16.6. The number of Topliss-reactive ketones (excluding diaryl/α,β-unsaturated/α-hetero) is 1. The van der Waals surface area contributed by atoms with Gasteiger partial charge in [-0.3, -0.25) is 9.59 Å². The molecule has 0 aliphatic carbocycles. The number of furan rings is 1. The molecule has 0 unspecified atom stereocenters. The van der Waals surface area contributed by atoms with E-state index >= 15 is 0 Å². The van der Waals surface area contributed by atoms with Gasteiger partial charge in [-0.2, -0.15) is 0 Å². The third-order valence-electron chi connectivity index (χ3n) is 6.49. The number of benzene rings is 3. The Hall–Kier alpha value is -4.78. The van der Waals surface area contributed by atoms with Gasteiger partial charge in [0.1, 0.15) is 29.6 Å². The van der Waals surface area contributed by atoms with Crippen LogP contribution in [0.1, 0.15) is 34.1 Å². The fourth-order valence-corrected chi connectivity index (χ4v) is 4.58. The molecule has 1 atom stereocenters. The van der Waals surface area contributed by atoms with E-state index in [1.54, 1.807) is 67.8 Å². The molecule has 4 aromatic rings. The van der Waals surface area contributed by atoms with Crippen molar-refractivity contribution in [3.05, 3.63) is 125 Å². The van der Waals surface area contributed by atoms with Gasteiger partial charge in [-0.1, -0.05) is 42.0 Å². The van der Waals surface area contributed by atoms with Crippen LogP contribution in [-0.4, -0.2) is 28.8 Å². The number of amides is 1. The van der Waals surface area contributed by atoms with Gasteiger partial charge in [-0.05, 0) is 66.6 Å². The maximum absolute atomic E-state index is 13.2. The first-order valence-electron chi connectivity index (χ1n) is 12.2. The van der Waals surface area contributed by atoms with Gasteiger partial charge in [0, 0.05) is 5.56 Å². The highest BCUT2D eigenvalue weighted by Gasteiger charge is 2.46. The highest BCUT2D eigenvalue weighted by Crippen LogP contribution is 2.40. The molecule has 5 rings (SSSR count). The molecule has 0 radical (unpaired) electrons. The first-order valence-corrected chi connectivity index (χ1v) is 12.2. The summed E-state index contributed by atoms with van der Waals surface area (Å²) in [7, 11) is 1.56. The highest BCUT2D eigenvalue weighted by atomic mass is 16.5. The Morgan fingerprint density at radius 3 is 2.34 bits per heavy atom. The van der Waals surface area contributed by atoms with Crippen molar-refractivity contribution in [2.24, 2.45) is 0 Å². The number of methoxy groups -OCH3 is 1. The van der Waals surface area contributed by atoms with Gasteiger partial charge < -0.3 is 23.9 Å². The smallest absolute Gasteiger partial charge is 0.296 e. The Bertz CT molecular complexity index is 1470. The topological polar surface area (TPSA) is 89.2 Å². The van der Waals surface area contributed by atoms with E-state index in [0.29, 0.717) is 35.0 Å². The number of aliphatic hydroxyl groups is 1. The lowest BCUT2D eigenvalue weighted by Crippen LogP contribution is -2.29. The Morgan fingerprint density at radius 1 is 0.947 bits per heavy atom. The molecule has 0 bridgehead atoms. The lowest BCUT2D eigenvalue weighted by atomic mass is 9.95. The minimum atomic E-state index is -0.803. The molecule has 0 saturated carbocycles. The summed E-state index contributed by atoms with van der Waals surface area (Å²) >= 11 is 0. The van der Waals surface area contributed by atoms with Crippen LogP contribution in [0.2, 0.25) is 0 Å². The van der Waals surface area contributed by atoms with Crippen molar-refractivity contribution in [3.8, 4) is 11.5 Å². The molecule has 1 amide bonds. The summed E-state index contributed by atoms with van der Waals surface area (Å²) in [5.74, 6) is 0.0689. The molecule has 2 heterocycles. The van der Waals surface area contributed by atoms with Crippen LogP contribution in [0.5, 0.6) is 11.5 Å². The quantitative estimate of drug-likeness (QED) is 0.184. The molecule has 1 saturated heterocycles. The summed E-state index contributed by atoms with van der Waals surface area (Å²) < 4.78 is 16.6. The van der Waals surface area contributed by atoms with Crippen LogP contribution in [0.25, 0.3) is 5.76 Å². The predicted molar refractivity (Wildman–Crippen MR) is 142 cm³/mol. The van der Waals surface area contributed by atoms with Gasteiger partial charge in [0.15, 0.2) is 0 Å². The molecule has 3 aromatic carbocycles. The summed E-state index contributed by atoms with van der Waals surface area (Å²) in [5.41, 5.74) is 3.29. The Balaban J connectivity index is 1.46. The summed E-state index contributed by atoms with van der Waals surface area (Å²) in [6.07, 6.45) is 1.51. The van der Waals surface area contributed by atoms with Crippen molar-refractivity contribution < 1.29 is 28.6 Å². The van der Waals surface area contributed by atoms with Gasteiger partial charge in [0.05, 0.1) is 31.5 Å². The molecule has 0 spiro atoms. The second kappa shape index (κ2) is 10.7. The maximum Gasteiger partial charge on any atom is 0.296 e. The van der Waals surface area contributed by atoms with Crippen LogP contribution in [0.4, 0.5) is 0 Å². The van der Waals surface area contributed by atoms with Gasteiger partial charge in [0.2, 0.25) is 0 Å². The zero-order chi connectivity index (χ0) is 26.6. The number of aliphatic hydroxyl groups excluding tert-OH is 1. The average Bonchev–Trinajstić information content (AvgIpc) is 3.54. The summed E-state index contributed by atoms with van der Waals surface area (Å²) in [4.78, 5) is 27.8. The molecular weight excluding hydrogens is 482 g/mol. The van der Waals surface area contributed by atoms with E-state index in [-0.39, 0.29) is 17.9 Å². The van der Waals surface area contributed by atoms with Crippen molar-refractivity contribution in [1.82, 2.24) is 4.90 Å². The lowest BCUT2D eigenvalue weighted by Gasteiger charge is -2.24. The third kappa shape index (κ3) is 5.04. The van der Waals surface area contributed by atoms with Crippen molar-refractivity contribution in [2.45, 2.75) is 26.1 Å². The fraction of sp³-hybridized carbons (Fsp3) is 0.161. The minimum absolute atomic E-state index is 0.0140. The minimum Gasteiger partial charge on any atom is -0.507 e. The number of carbonyl (C=O) groups is 2. The summed E-state index contributed by atoms with van der Waals surface area (Å²) in [5, 5.41) is 11.3. The number of hydrogen-bond acceptors (Lipinski definition) is 6. The van der Waals surface area contributed by atoms with E-state index in [4.69, 9.17) is 13.9 Å². The fourth-order valence-electron chi connectivity index (χ4n) is 4.58. The van der Waals surface area contributed by atoms with Crippen molar-refractivity contribution in [2.75, 3.05) is 7.11 Å². The van der Waals surface area contributed by atoms with E-state index < -0.39 is 17.7 Å². The van der Waals surface area contributed by atoms with Gasteiger partial charge in [0.25, 0.3) is 11.7 Å². The van der Waals surface area contributed by atoms with Crippen LogP contribution in [0.3, 0.4) is 0 Å². The van der Waals surface area contributed by atoms with Crippen molar-refractivity contribution in [3.63, 3.8) is 0 Å². The van der Waals surface area contributed by atoms with E-state index in [1.165, 1.54) is 11.2 Å². The number of aryl methyl sites for hydroxylation is 1. The Kier molecular flexibility index (Phi) is 7.00. The third-order valence-corrected chi connectivity index (χ3v) is 6.49. The van der Waals surface area contributed by atoms with Crippen LogP contribution in [0, 0.1) is 6.92 Å². The molecule has 7 nitrogen and oxygen atoms in total. The van der Waals surface area contributed by atoms with Crippen molar-refractivity contribution in [1.29, 1.82) is 0 Å². The predicted octanol–water partition coefficient (Wildman–Crippen LogP) is 5.80. The molecule has 1 fully saturated rings. The van der Waals surface area contributed by atoms with E-state index in [0.717, 1.165) is 11.1 Å². The van der Waals surface area contributed by atoms with Crippen LogP contribution in [0.15, 0.2) is 101 Å². The zero-order valence-electron chi connectivity index (χ0n) is 21.1. The van der Waals surface area contributed by atoms with Crippen LogP contribution < -0.4 is 9.47 Å². The zero-order valence-corrected chi connectivity index (χ0v) is 21.1. The largest absolute Gasteiger partial charge is 0.507 e. The number of rotatable bonds is 8. The number of carbonyl (C=O) groups excluding carboxylic acids is 2. The summed E-state index contributed by atoms with van der Waals surface area (Å²) in [6.45, 7) is 2.51. The Morgan fingerprint density at radius 2 is 1.68 bits per heavy atom. The van der Waals surface area contributed by atoms with Crippen LogP contribution >= 0.6 is 0 Å². The van der Waals surface area contributed by atoms with E-state index in [2.05, 4.69) is 6.07 Å². The molecule has 192 valence electrons. The molecule has 1 N–H and O–H groups in total. The number of likely N-dealkylation sites (tertiary alicyclic amines) is 1. The standard InChI is InChI=1S/C31H27NO6/c1-20-5-3-6-21(17-20)19-38-25-14-10-23(11-15-25)29(33)27-28(22-8-12-24(36-2)13-9-22)32(31(35)30(27)34)18-26-7-4-16-37-26/h3-17,28,33H,18-19H2,1-2H3/b29-27+/t28-/m1/s1. The molecule has 1 aliphatic rings. The molecular formula is C31H27NO6. The number of nitrogens with zero attached hydrogens (tertiary/aromatic N) is 1. The number of hydrogen-bond donors (Lipinski definition) is 1. The first kappa shape index (κ1) is 24.9. The van der Waals surface area contributed by atoms with Crippen molar-refractivity contribution >= 4 is 17.4 Å². The molecule has 1 aromatic heterocycles. The lowest BCUT2D eigenvalue weighted by molar-refractivity contribution is -0.140. The molecule has 7 heteroatoms. The van der Waals surface area contributed by atoms with E-state index in [9.17, 15) is 14.7 Å². The van der Waals surface area contributed by atoms with E-state index in [1.807, 2.05) is 25.1 Å².